The molecule has 7 nitrogen and oxygen atoms in total. The van der Waals surface area contributed by atoms with E-state index in [1.54, 1.807) is 0 Å². The van der Waals surface area contributed by atoms with Crippen molar-refractivity contribution in [2.24, 2.45) is 0 Å². The molecule has 0 unspecified atom stereocenters. The van der Waals surface area contributed by atoms with Gasteiger partial charge in [0.05, 0.1) is 4.92 Å². The topological polar surface area (TPSA) is 101 Å². The first-order chi connectivity index (χ1) is 9.40. The highest BCUT2D eigenvalue weighted by Crippen LogP contribution is 2.21. The summed E-state index contributed by atoms with van der Waals surface area (Å²) in [6.45, 7) is 1.26. The lowest BCUT2D eigenvalue weighted by atomic mass is 10.1. The third-order valence-electron chi connectivity index (χ3n) is 3.03. The fourth-order valence-corrected chi connectivity index (χ4v) is 3.41. The maximum Gasteiger partial charge on any atom is 0.270 e. The molecule has 110 valence electrons. The highest BCUT2D eigenvalue weighted by atomic mass is 32.2. The molecule has 1 aromatic rings. The van der Waals surface area contributed by atoms with Crippen LogP contribution in [-0.2, 0) is 10.0 Å². The van der Waals surface area contributed by atoms with E-state index in [4.69, 9.17) is 0 Å². The third kappa shape index (κ3) is 3.30. The minimum atomic E-state index is -4.12. The standard InChI is InChI=1S/C11H14FN3O4S/c12-10-4-3-9(15(16)17)6-11(10)20(18,19)14-8-2-1-5-13-7-8/h3-4,6,8,13-14H,1-2,5,7H2/t8-/m0/s1. The van der Waals surface area contributed by atoms with Gasteiger partial charge in [-0.25, -0.2) is 17.5 Å². The molecule has 2 rings (SSSR count). The number of piperidine rings is 1. The third-order valence-corrected chi connectivity index (χ3v) is 4.57. The van der Waals surface area contributed by atoms with Crippen LogP contribution >= 0.6 is 0 Å². The highest BCUT2D eigenvalue weighted by molar-refractivity contribution is 7.89. The summed E-state index contributed by atoms with van der Waals surface area (Å²) in [7, 11) is -4.12. The van der Waals surface area contributed by atoms with Crippen LogP contribution < -0.4 is 10.0 Å². The molecule has 0 spiro atoms. The van der Waals surface area contributed by atoms with Gasteiger partial charge >= 0.3 is 0 Å². The van der Waals surface area contributed by atoms with Crippen LogP contribution in [0.25, 0.3) is 0 Å². The van der Waals surface area contributed by atoms with Gasteiger partial charge in [-0.15, -0.1) is 0 Å². The lowest BCUT2D eigenvalue weighted by molar-refractivity contribution is -0.385. The molecule has 0 amide bonds. The van der Waals surface area contributed by atoms with Gasteiger partial charge in [-0.1, -0.05) is 0 Å². The molecule has 1 aromatic carbocycles. The van der Waals surface area contributed by atoms with Crippen LogP contribution in [0.1, 0.15) is 12.8 Å². The molecule has 1 aliphatic heterocycles. The smallest absolute Gasteiger partial charge is 0.270 e. The summed E-state index contributed by atoms with van der Waals surface area (Å²) in [5.41, 5.74) is -0.464. The first-order valence-corrected chi connectivity index (χ1v) is 7.55. The van der Waals surface area contributed by atoms with E-state index in [2.05, 4.69) is 10.0 Å². The quantitative estimate of drug-likeness (QED) is 0.632. The summed E-state index contributed by atoms with van der Waals surface area (Å²) in [6, 6.07) is 2.10. The molecule has 20 heavy (non-hydrogen) atoms. The molecule has 1 atom stereocenters. The molecule has 2 N–H and O–H groups in total. The Morgan fingerprint density at radius 1 is 1.45 bits per heavy atom. The Labute approximate surface area is 115 Å². The number of nitro groups is 1. The van der Waals surface area contributed by atoms with Gasteiger partial charge in [0, 0.05) is 24.7 Å². The number of nitrogens with one attached hydrogen (secondary N) is 2. The fraction of sp³-hybridized carbons (Fsp3) is 0.455. The molecule has 1 aliphatic rings. The second-order valence-corrected chi connectivity index (χ2v) is 6.22. The van der Waals surface area contributed by atoms with Crippen molar-refractivity contribution in [1.29, 1.82) is 0 Å². The van der Waals surface area contributed by atoms with E-state index in [9.17, 15) is 22.9 Å². The average Bonchev–Trinajstić information content (AvgIpc) is 2.39. The monoisotopic (exact) mass is 303 g/mol. The molecule has 0 aromatic heterocycles. The number of hydrogen-bond acceptors (Lipinski definition) is 5. The van der Waals surface area contributed by atoms with E-state index < -0.39 is 31.3 Å². The number of hydrogen-bond donors (Lipinski definition) is 2. The molecule has 0 saturated carbocycles. The lowest BCUT2D eigenvalue weighted by Gasteiger charge is -2.23. The number of sulfonamides is 1. The summed E-state index contributed by atoms with van der Waals surface area (Å²) in [5, 5.41) is 13.7. The van der Waals surface area contributed by atoms with Crippen LogP contribution in [0.2, 0.25) is 0 Å². The Hall–Kier alpha value is -1.58. The number of halogens is 1. The molecule has 0 radical (unpaired) electrons. The zero-order valence-corrected chi connectivity index (χ0v) is 11.3. The van der Waals surface area contributed by atoms with Gasteiger partial charge < -0.3 is 5.32 Å². The van der Waals surface area contributed by atoms with Crippen LogP contribution in [0.3, 0.4) is 0 Å². The van der Waals surface area contributed by atoms with Crippen molar-refractivity contribution in [3.05, 3.63) is 34.1 Å². The second kappa shape index (κ2) is 5.81. The predicted octanol–water partition coefficient (Wildman–Crippen LogP) is 0.764. The zero-order chi connectivity index (χ0) is 14.8. The molecule has 9 heteroatoms. The highest BCUT2D eigenvalue weighted by Gasteiger charge is 2.26. The van der Waals surface area contributed by atoms with E-state index >= 15 is 0 Å². The van der Waals surface area contributed by atoms with Gasteiger partial charge in [0.1, 0.15) is 10.7 Å². The summed E-state index contributed by atoms with van der Waals surface area (Å²) < 4.78 is 40.2. The maximum absolute atomic E-state index is 13.6. The maximum atomic E-state index is 13.6. The summed E-state index contributed by atoms with van der Waals surface area (Å²) >= 11 is 0. The van der Waals surface area contributed by atoms with E-state index in [1.165, 1.54) is 0 Å². The predicted molar refractivity (Wildman–Crippen MR) is 69.3 cm³/mol. The molecular weight excluding hydrogens is 289 g/mol. The Kier molecular flexibility index (Phi) is 4.31. The van der Waals surface area contributed by atoms with Gasteiger partial charge in [-0.05, 0) is 25.5 Å². The number of nitro benzene ring substituents is 1. The van der Waals surface area contributed by atoms with Gasteiger partial charge in [0.15, 0.2) is 0 Å². The van der Waals surface area contributed by atoms with Crippen molar-refractivity contribution in [3.8, 4) is 0 Å². The number of benzene rings is 1. The Balaban J connectivity index is 2.28. The molecule has 0 bridgehead atoms. The van der Waals surface area contributed by atoms with Gasteiger partial charge in [-0.3, -0.25) is 10.1 Å². The molecule has 0 aliphatic carbocycles. The molecule has 1 saturated heterocycles. The fourth-order valence-electron chi connectivity index (χ4n) is 2.05. The molecule has 1 heterocycles. The zero-order valence-electron chi connectivity index (χ0n) is 10.5. The van der Waals surface area contributed by atoms with Crippen molar-refractivity contribution < 1.29 is 17.7 Å². The lowest BCUT2D eigenvalue weighted by Crippen LogP contribution is -2.45. The van der Waals surface area contributed by atoms with Crippen LogP contribution in [-0.4, -0.2) is 32.5 Å². The van der Waals surface area contributed by atoms with Gasteiger partial charge in [0.2, 0.25) is 10.0 Å². The minimum absolute atomic E-state index is 0.340. The van der Waals surface area contributed by atoms with Crippen molar-refractivity contribution in [2.45, 2.75) is 23.8 Å². The second-order valence-electron chi connectivity index (χ2n) is 4.54. The van der Waals surface area contributed by atoms with Crippen LogP contribution in [0.5, 0.6) is 0 Å². The Bertz CT molecular complexity index is 614. The molecular formula is C11H14FN3O4S. The number of rotatable bonds is 4. The van der Waals surface area contributed by atoms with Crippen molar-refractivity contribution in [1.82, 2.24) is 10.0 Å². The largest absolute Gasteiger partial charge is 0.315 e. The number of nitrogens with zero attached hydrogens (tertiary/aromatic N) is 1. The molecule has 1 fully saturated rings. The van der Waals surface area contributed by atoms with Crippen LogP contribution in [0, 0.1) is 15.9 Å². The van der Waals surface area contributed by atoms with E-state index in [0.29, 0.717) is 13.0 Å². The Morgan fingerprint density at radius 2 is 2.20 bits per heavy atom. The van der Waals surface area contributed by atoms with Gasteiger partial charge in [-0.2, -0.15) is 0 Å². The summed E-state index contributed by atoms with van der Waals surface area (Å²) in [4.78, 5) is 9.18. The Morgan fingerprint density at radius 3 is 2.80 bits per heavy atom. The summed E-state index contributed by atoms with van der Waals surface area (Å²) in [5.74, 6) is -1.01. The first kappa shape index (κ1) is 14.8. The van der Waals surface area contributed by atoms with Crippen molar-refractivity contribution in [3.63, 3.8) is 0 Å². The average molecular weight is 303 g/mol. The normalized spacial score (nSPS) is 19.8. The first-order valence-electron chi connectivity index (χ1n) is 6.07. The van der Waals surface area contributed by atoms with Gasteiger partial charge in [0.25, 0.3) is 5.69 Å². The summed E-state index contributed by atoms with van der Waals surface area (Å²) in [6.07, 6.45) is 1.45. The van der Waals surface area contributed by atoms with E-state index in [0.717, 1.165) is 31.2 Å². The van der Waals surface area contributed by atoms with Crippen LogP contribution in [0.4, 0.5) is 10.1 Å². The van der Waals surface area contributed by atoms with Crippen molar-refractivity contribution in [2.75, 3.05) is 13.1 Å². The van der Waals surface area contributed by atoms with E-state index in [-0.39, 0.29) is 6.04 Å². The number of non-ortho nitro benzene ring substituents is 1. The SMILES string of the molecule is O=[N+]([O-])c1ccc(F)c(S(=O)(=O)N[C@H]2CCCNC2)c1. The minimum Gasteiger partial charge on any atom is -0.315 e. The van der Waals surface area contributed by atoms with E-state index in [1.807, 2.05) is 0 Å². The van der Waals surface area contributed by atoms with Crippen molar-refractivity contribution >= 4 is 15.7 Å². The van der Waals surface area contributed by atoms with Crippen LogP contribution in [0.15, 0.2) is 23.1 Å².